The van der Waals surface area contributed by atoms with Crippen molar-refractivity contribution in [3.05, 3.63) is 28.3 Å². The molecule has 0 saturated heterocycles. The molecule has 104 valence electrons. The van der Waals surface area contributed by atoms with Crippen LogP contribution in [0.15, 0.2) is 18.2 Å². The molecule has 0 aliphatic rings. The summed E-state index contributed by atoms with van der Waals surface area (Å²) in [6.45, 7) is 1.56. The molecule has 0 heterocycles. The molecule has 0 aliphatic carbocycles. The van der Waals surface area contributed by atoms with Crippen molar-refractivity contribution in [3.8, 4) is 5.75 Å². The van der Waals surface area contributed by atoms with Gasteiger partial charge in [0.1, 0.15) is 11.4 Å². The lowest BCUT2D eigenvalue weighted by atomic mass is 10.2. The largest absolute Gasteiger partial charge is 0.496 e. The van der Waals surface area contributed by atoms with Gasteiger partial charge in [-0.3, -0.25) is 10.1 Å². The van der Waals surface area contributed by atoms with Crippen LogP contribution in [0.2, 0.25) is 0 Å². The summed E-state index contributed by atoms with van der Waals surface area (Å²) in [5.74, 6) is 0.321. The number of nitrogens with one attached hydrogen (secondary N) is 2. The highest BCUT2D eigenvalue weighted by Crippen LogP contribution is 2.28. The first-order valence-electron chi connectivity index (χ1n) is 5.49. The van der Waals surface area contributed by atoms with Crippen molar-refractivity contribution in [2.75, 3.05) is 19.0 Å². The highest BCUT2D eigenvalue weighted by atomic mass is 16.6. The third kappa shape index (κ3) is 4.43. The monoisotopic (exact) mass is 269 g/mol. The Bertz CT molecular complexity index is 475. The van der Waals surface area contributed by atoms with Gasteiger partial charge < -0.3 is 20.5 Å². The fourth-order valence-electron chi connectivity index (χ4n) is 1.30. The number of carbonyl (C=O) groups excluding carboxylic acids is 1. The number of carbonyl (C=O) groups is 1. The van der Waals surface area contributed by atoms with Gasteiger partial charge in [0.15, 0.2) is 0 Å². The Morgan fingerprint density at radius 2 is 2.26 bits per heavy atom. The van der Waals surface area contributed by atoms with E-state index < -0.39 is 17.1 Å². The zero-order valence-corrected chi connectivity index (χ0v) is 10.5. The summed E-state index contributed by atoms with van der Waals surface area (Å²) in [6, 6.07) is 3.45. The van der Waals surface area contributed by atoms with Crippen LogP contribution in [0.4, 0.5) is 16.2 Å². The van der Waals surface area contributed by atoms with Crippen LogP contribution < -0.4 is 15.4 Å². The third-order valence-corrected chi connectivity index (χ3v) is 2.21. The van der Waals surface area contributed by atoms with Crippen molar-refractivity contribution < 1.29 is 19.6 Å². The highest BCUT2D eigenvalue weighted by Gasteiger charge is 2.17. The van der Waals surface area contributed by atoms with Gasteiger partial charge in [-0.05, 0) is 19.1 Å². The van der Waals surface area contributed by atoms with E-state index in [9.17, 15) is 14.9 Å². The van der Waals surface area contributed by atoms with Crippen LogP contribution in [0, 0.1) is 10.1 Å². The average Bonchev–Trinajstić information content (AvgIpc) is 2.36. The minimum Gasteiger partial charge on any atom is -0.496 e. The number of amides is 2. The fourth-order valence-corrected chi connectivity index (χ4v) is 1.30. The molecule has 3 N–H and O–H groups in total. The van der Waals surface area contributed by atoms with Gasteiger partial charge in [-0.2, -0.15) is 0 Å². The lowest BCUT2D eigenvalue weighted by Gasteiger charge is -2.10. The predicted octanol–water partition coefficient (Wildman–Crippen LogP) is 1.11. The molecule has 1 atom stereocenters. The molecule has 19 heavy (non-hydrogen) atoms. The summed E-state index contributed by atoms with van der Waals surface area (Å²) in [5, 5.41) is 24.6. The molecule has 0 fully saturated rings. The van der Waals surface area contributed by atoms with Crippen LogP contribution in [0.25, 0.3) is 0 Å². The molecule has 0 saturated carbocycles. The van der Waals surface area contributed by atoms with Crippen molar-refractivity contribution in [1.29, 1.82) is 0 Å². The maximum atomic E-state index is 11.5. The predicted molar refractivity (Wildman–Crippen MR) is 68.4 cm³/mol. The van der Waals surface area contributed by atoms with E-state index in [0.29, 0.717) is 5.75 Å². The maximum Gasteiger partial charge on any atom is 0.319 e. The summed E-state index contributed by atoms with van der Waals surface area (Å²) in [7, 11) is 1.39. The molecule has 0 aliphatic heterocycles. The Kier molecular flexibility index (Phi) is 5.07. The second-order valence-electron chi connectivity index (χ2n) is 3.82. The molecule has 1 rings (SSSR count). The van der Waals surface area contributed by atoms with Crippen molar-refractivity contribution in [1.82, 2.24) is 5.32 Å². The zero-order valence-electron chi connectivity index (χ0n) is 10.5. The summed E-state index contributed by atoms with van der Waals surface area (Å²) in [4.78, 5) is 21.7. The highest BCUT2D eigenvalue weighted by molar-refractivity contribution is 5.92. The first kappa shape index (κ1) is 14.7. The number of ether oxygens (including phenoxy) is 1. The molecule has 1 aromatic rings. The van der Waals surface area contributed by atoms with Crippen molar-refractivity contribution >= 4 is 17.4 Å². The number of aliphatic hydroxyl groups is 1. The number of aliphatic hydroxyl groups excluding tert-OH is 1. The van der Waals surface area contributed by atoms with Gasteiger partial charge in [0.25, 0.3) is 5.69 Å². The Morgan fingerprint density at radius 3 is 2.79 bits per heavy atom. The van der Waals surface area contributed by atoms with Crippen LogP contribution in [0.5, 0.6) is 5.75 Å². The normalized spacial score (nSPS) is 11.5. The van der Waals surface area contributed by atoms with Gasteiger partial charge >= 0.3 is 6.03 Å². The van der Waals surface area contributed by atoms with E-state index in [0.717, 1.165) is 0 Å². The molecular formula is C11H15N3O5. The van der Waals surface area contributed by atoms with Gasteiger partial charge in [0.05, 0.1) is 24.2 Å². The van der Waals surface area contributed by atoms with Gasteiger partial charge in [-0.25, -0.2) is 4.79 Å². The number of nitro groups is 1. The smallest absolute Gasteiger partial charge is 0.319 e. The first-order valence-corrected chi connectivity index (χ1v) is 5.49. The molecule has 0 spiro atoms. The first-order chi connectivity index (χ1) is 8.93. The lowest BCUT2D eigenvalue weighted by Crippen LogP contribution is -2.34. The molecule has 8 heteroatoms. The topological polar surface area (TPSA) is 114 Å². The molecule has 0 aromatic heterocycles. The maximum absolute atomic E-state index is 11.5. The van der Waals surface area contributed by atoms with Crippen LogP contribution in [0.1, 0.15) is 6.92 Å². The fraction of sp³-hybridized carbons (Fsp3) is 0.364. The van der Waals surface area contributed by atoms with Crippen LogP contribution >= 0.6 is 0 Å². The van der Waals surface area contributed by atoms with E-state index in [1.807, 2.05) is 0 Å². The quantitative estimate of drug-likeness (QED) is 0.547. The number of methoxy groups -OCH3 is 1. The SMILES string of the molecule is COc1ccc(NC(=O)NCC(C)O)c([N+](=O)[O-])c1. The summed E-state index contributed by atoms with van der Waals surface area (Å²) in [5.41, 5.74) is -0.222. The summed E-state index contributed by atoms with van der Waals surface area (Å²) < 4.78 is 4.88. The van der Waals surface area contributed by atoms with Gasteiger partial charge in [0, 0.05) is 6.54 Å². The van der Waals surface area contributed by atoms with Gasteiger partial charge in [0.2, 0.25) is 0 Å². The van der Waals surface area contributed by atoms with Crippen LogP contribution in [-0.2, 0) is 0 Å². The lowest BCUT2D eigenvalue weighted by molar-refractivity contribution is -0.384. The summed E-state index contributed by atoms with van der Waals surface area (Å²) in [6.07, 6.45) is -0.698. The zero-order chi connectivity index (χ0) is 14.4. The number of anilines is 1. The number of hydrogen-bond donors (Lipinski definition) is 3. The number of nitrogens with zero attached hydrogens (tertiary/aromatic N) is 1. The minimum atomic E-state index is -0.698. The Labute approximate surface area is 109 Å². The van der Waals surface area contributed by atoms with Crippen molar-refractivity contribution in [2.45, 2.75) is 13.0 Å². The molecule has 1 unspecified atom stereocenters. The molecule has 0 bridgehead atoms. The van der Waals surface area contributed by atoms with Crippen LogP contribution in [-0.4, -0.2) is 35.8 Å². The van der Waals surface area contributed by atoms with Crippen molar-refractivity contribution in [2.24, 2.45) is 0 Å². The van der Waals surface area contributed by atoms with Gasteiger partial charge in [-0.1, -0.05) is 0 Å². The average molecular weight is 269 g/mol. The van der Waals surface area contributed by atoms with E-state index >= 15 is 0 Å². The van der Waals surface area contributed by atoms with Gasteiger partial charge in [-0.15, -0.1) is 0 Å². The number of rotatable bonds is 5. The Morgan fingerprint density at radius 1 is 1.58 bits per heavy atom. The van der Waals surface area contributed by atoms with Crippen molar-refractivity contribution in [3.63, 3.8) is 0 Å². The second-order valence-corrected chi connectivity index (χ2v) is 3.82. The van der Waals surface area contributed by atoms with E-state index in [2.05, 4.69) is 10.6 Å². The number of nitro benzene ring substituents is 1. The third-order valence-electron chi connectivity index (χ3n) is 2.21. The second kappa shape index (κ2) is 6.55. The number of urea groups is 1. The molecule has 2 amide bonds. The summed E-state index contributed by atoms with van der Waals surface area (Å²) >= 11 is 0. The molecule has 1 aromatic carbocycles. The molecule has 8 nitrogen and oxygen atoms in total. The Balaban J connectivity index is 2.82. The number of benzene rings is 1. The minimum absolute atomic E-state index is 0.0499. The van der Waals surface area contributed by atoms with E-state index in [1.54, 1.807) is 0 Å². The van der Waals surface area contributed by atoms with E-state index in [1.165, 1.54) is 32.2 Å². The van der Waals surface area contributed by atoms with E-state index in [-0.39, 0.29) is 17.9 Å². The number of hydrogen-bond acceptors (Lipinski definition) is 5. The standard InChI is InChI=1S/C11H15N3O5/c1-7(15)6-12-11(16)13-9-4-3-8(19-2)5-10(9)14(17)18/h3-5,7,15H,6H2,1-2H3,(H2,12,13,16). The molecule has 0 radical (unpaired) electrons. The van der Waals surface area contributed by atoms with E-state index in [4.69, 9.17) is 9.84 Å². The van der Waals surface area contributed by atoms with Crippen LogP contribution in [0.3, 0.4) is 0 Å². The Hall–Kier alpha value is -2.35. The molecular weight excluding hydrogens is 254 g/mol.